The van der Waals surface area contributed by atoms with Crippen LogP contribution in [0.4, 0.5) is 17.1 Å². The van der Waals surface area contributed by atoms with Crippen molar-refractivity contribution in [2.24, 2.45) is 0 Å². The smallest absolute Gasteiger partial charge is 0.273 e. The Bertz CT molecular complexity index is 845. The van der Waals surface area contributed by atoms with Crippen LogP contribution < -0.4 is 10.6 Å². The van der Waals surface area contributed by atoms with Gasteiger partial charge in [-0.3, -0.25) is 19.7 Å². The van der Waals surface area contributed by atoms with Crippen LogP contribution in [0.3, 0.4) is 0 Å². The maximum absolute atomic E-state index is 12.2. The summed E-state index contributed by atoms with van der Waals surface area (Å²) in [5.41, 5.74) is 2.68. The summed E-state index contributed by atoms with van der Waals surface area (Å²) < 4.78 is 0. The minimum Gasteiger partial charge on any atom is -0.326 e. The number of benzene rings is 2. The van der Waals surface area contributed by atoms with Crippen molar-refractivity contribution in [3.63, 3.8) is 0 Å². The van der Waals surface area contributed by atoms with Crippen molar-refractivity contribution in [2.75, 3.05) is 10.6 Å². The molecule has 3 rings (SSSR count). The van der Waals surface area contributed by atoms with E-state index in [0.29, 0.717) is 11.3 Å². The van der Waals surface area contributed by atoms with E-state index in [1.54, 1.807) is 31.2 Å². The molecule has 7 nitrogen and oxygen atoms in total. The highest BCUT2D eigenvalue weighted by molar-refractivity contribution is 6.05. The molecule has 0 saturated heterocycles. The molecule has 23 heavy (non-hydrogen) atoms. The fourth-order valence-electron chi connectivity index (χ4n) is 2.46. The molecule has 0 fully saturated rings. The Kier molecular flexibility index (Phi) is 3.53. The van der Waals surface area contributed by atoms with Gasteiger partial charge in [0.1, 0.15) is 0 Å². The van der Waals surface area contributed by atoms with Crippen molar-refractivity contribution in [3.8, 4) is 0 Å². The van der Waals surface area contributed by atoms with Gasteiger partial charge in [0.05, 0.1) is 11.3 Å². The van der Waals surface area contributed by atoms with E-state index >= 15 is 0 Å². The number of rotatable bonds is 3. The Morgan fingerprint density at radius 2 is 2.04 bits per heavy atom. The zero-order valence-corrected chi connectivity index (χ0v) is 12.3. The Balaban J connectivity index is 1.83. The van der Waals surface area contributed by atoms with Crippen LogP contribution in [-0.4, -0.2) is 16.7 Å². The Hall–Kier alpha value is -3.22. The molecule has 0 unspecified atom stereocenters. The highest BCUT2D eigenvalue weighted by Gasteiger charge is 2.19. The van der Waals surface area contributed by atoms with Crippen LogP contribution >= 0.6 is 0 Å². The van der Waals surface area contributed by atoms with Gasteiger partial charge in [-0.2, -0.15) is 0 Å². The molecule has 1 aliphatic rings. The molecule has 1 heterocycles. The maximum Gasteiger partial charge on any atom is 0.273 e. The second-order valence-electron chi connectivity index (χ2n) is 5.31. The number of hydrogen-bond donors (Lipinski definition) is 2. The lowest BCUT2D eigenvalue weighted by Gasteiger charge is -2.07. The first-order chi connectivity index (χ1) is 10.9. The normalized spacial score (nSPS) is 12.5. The van der Waals surface area contributed by atoms with E-state index in [9.17, 15) is 19.7 Å². The molecule has 0 saturated carbocycles. The summed E-state index contributed by atoms with van der Waals surface area (Å²) in [6.45, 7) is 1.62. The third kappa shape index (κ3) is 2.89. The van der Waals surface area contributed by atoms with Gasteiger partial charge in [0.2, 0.25) is 5.91 Å². The summed E-state index contributed by atoms with van der Waals surface area (Å²) >= 11 is 0. The zero-order chi connectivity index (χ0) is 16.6. The molecule has 2 N–H and O–H groups in total. The van der Waals surface area contributed by atoms with Gasteiger partial charge in [0.25, 0.3) is 11.6 Å². The Labute approximate surface area is 131 Å². The summed E-state index contributed by atoms with van der Waals surface area (Å²) in [5.74, 6) is -0.525. The minimum atomic E-state index is -0.515. The molecule has 2 aromatic carbocycles. The summed E-state index contributed by atoms with van der Waals surface area (Å²) in [4.78, 5) is 34.0. The van der Waals surface area contributed by atoms with E-state index in [4.69, 9.17) is 0 Å². The summed E-state index contributed by atoms with van der Waals surface area (Å²) in [5, 5.41) is 16.3. The van der Waals surface area contributed by atoms with Gasteiger partial charge >= 0.3 is 0 Å². The monoisotopic (exact) mass is 311 g/mol. The molecular formula is C16H13N3O4. The van der Waals surface area contributed by atoms with Crippen LogP contribution in [0.5, 0.6) is 0 Å². The van der Waals surface area contributed by atoms with Crippen LogP contribution in [0, 0.1) is 17.0 Å². The van der Waals surface area contributed by atoms with E-state index in [1.807, 2.05) is 0 Å². The van der Waals surface area contributed by atoms with Crippen molar-refractivity contribution in [1.82, 2.24) is 0 Å². The number of carbonyl (C=O) groups excluding carboxylic acids is 2. The Morgan fingerprint density at radius 1 is 1.26 bits per heavy atom. The molecule has 1 aliphatic heterocycles. The molecule has 0 aromatic heterocycles. The third-order valence-corrected chi connectivity index (χ3v) is 3.66. The highest BCUT2D eigenvalue weighted by atomic mass is 16.6. The van der Waals surface area contributed by atoms with Crippen LogP contribution in [-0.2, 0) is 11.2 Å². The molecule has 116 valence electrons. The summed E-state index contributed by atoms with van der Waals surface area (Å²) in [7, 11) is 0. The summed E-state index contributed by atoms with van der Waals surface area (Å²) in [6.07, 6.45) is 0.273. The van der Waals surface area contributed by atoms with Crippen LogP contribution in [0.25, 0.3) is 0 Å². The molecule has 0 atom stereocenters. The van der Waals surface area contributed by atoms with Gasteiger partial charge in [-0.25, -0.2) is 0 Å². The number of amides is 2. The predicted molar refractivity (Wildman–Crippen MR) is 84.6 cm³/mol. The first-order valence-electron chi connectivity index (χ1n) is 6.93. The number of nitro groups is 1. The molecule has 0 aliphatic carbocycles. The van der Waals surface area contributed by atoms with Gasteiger partial charge in [-0.15, -0.1) is 0 Å². The molecule has 0 radical (unpaired) electrons. The molecule has 2 aromatic rings. The zero-order valence-electron chi connectivity index (χ0n) is 12.3. The number of carbonyl (C=O) groups is 2. The predicted octanol–water partition coefficient (Wildman–Crippen LogP) is 2.65. The topological polar surface area (TPSA) is 101 Å². The molecule has 2 amide bonds. The number of hydrogen-bond acceptors (Lipinski definition) is 4. The maximum atomic E-state index is 12.2. The number of anilines is 2. The van der Waals surface area contributed by atoms with Crippen molar-refractivity contribution < 1.29 is 14.5 Å². The van der Waals surface area contributed by atoms with Crippen molar-refractivity contribution in [3.05, 3.63) is 63.2 Å². The summed E-state index contributed by atoms with van der Waals surface area (Å²) in [6, 6.07) is 9.43. The molecule has 0 bridgehead atoms. The Morgan fingerprint density at radius 3 is 2.78 bits per heavy atom. The van der Waals surface area contributed by atoms with E-state index in [2.05, 4.69) is 10.6 Å². The number of aryl methyl sites for hydroxylation is 1. The lowest BCUT2D eigenvalue weighted by molar-refractivity contribution is -0.385. The van der Waals surface area contributed by atoms with Gasteiger partial charge < -0.3 is 10.6 Å². The highest BCUT2D eigenvalue weighted by Crippen LogP contribution is 2.26. The standard InChI is InChI=1S/C16H13N3O4/c1-9-2-3-10(7-14(9)19(22)23)16(21)17-12-4-5-13-11(6-12)8-15(20)18-13/h2-7H,8H2,1H3,(H,17,21)(H,18,20). The van der Waals surface area contributed by atoms with Crippen molar-refractivity contribution in [2.45, 2.75) is 13.3 Å². The third-order valence-electron chi connectivity index (χ3n) is 3.66. The molecule has 7 heteroatoms. The lowest BCUT2D eigenvalue weighted by Crippen LogP contribution is -2.12. The number of nitro benzene ring substituents is 1. The van der Waals surface area contributed by atoms with E-state index in [1.165, 1.54) is 12.1 Å². The van der Waals surface area contributed by atoms with E-state index < -0.39 is 10.8 Å². The second-order valence-corrected chi connectivity index (χ2v) is 5.31. The quantitative estimate of drug-likeness (QED) is 0.672. The van der Waals surface area contributed by atoms with Gasteiger partial charge in [0, 0.05) is 28.6 Å². The second kappa shape index (κ2) is 5.53. The van der Waals surface area contributed by atoms with E-state index in [0.717, 1.165) is 11.3 Å². The van der Waals surface area contributed by atoms with E-state index in [-0.39, 0.29) is 23.6 Å². The van der Waals surface area contributed by atoms with Crippen LogP contribution in [0.2, 0.25) is 0 Å². The molecular weight excluding hydrogens is 298 g/mol. The molecule has 0 spiro atoms. The van der Waals surface area contributed by atoms with Gasteiger partial charge in [-0.1, -0.05) is 6.07 Å². The largest absolute Gasteiger partial charge is 0.326 e. The first kappa shape index (κ1) is 14.7. The fraction of sp³-hybridized carbons (Fsp3) is 0.125. The number of fused-ring (bicyclic) bond motifs is 1. The minimum absolute atomic E-state index is 0.0855. The average Bonchev–Trinajstić information content (AvgIpc) is 2.86. The van der Waals surface area contributed by atoms with Gasteiger partial charge in [-0.05, 0) is 36.8 Å². The van der Waals surface area contributed by atoms with Crippen molar-refractivity contribution >= 4 is 28.9 Å². The van der Waals surface area contributed by atoms with Crippen LogP contribution in [0.15, 0.2) is 36.4 Å². The fourth-order valence-corrected chi connectivity index (χ4v) is 2.46. The average molecular weight is 311 g/mol. The van der Waals surface area contributed by atoms with Gasteiger partial charge in [0.15, 0.2) is 0 Å². The van der Waals surface area contributed by atoms with Crippen molar-refractivity contribution in [1.29, 1.82) is 0 Å². The number of nitrogens with one attached hydrogen (secondary N) is 2. The SMILES string of the molecule is Cc1ccc(C(=O)Nc2ccc3c(c2)CC(=O)N3)cc1[N+](=O)[O-]. The first-order valence-corrected chi connectivity index (χ1v) is 6.93. The number of nitrogens with zero attached hydrogens (tertiary/aromatic N) is 1. The van der Waals surface area contributed by atoms with Crippen LogP contribution in [0.1, 0.15) is 21.5 Å². The lowest BCUT2D eigenvalue weighted by atomic mass is 10.1.